The standard InChI is InChI=1S/C28H18N4/c29-17-21-1-5-23(6-2-21)19-31-27-13-9-25(10-14-27)26-11-15-28(16-12-26)32-20-24-7-3-22(18-30)4-8-24/h1-16,19-20H. The molecular formula is C28H18N4. The largest absolute Gasteiger partial charge is 0.256 e. The van der Waals surface area contributed by atoms with E-state index in [-0.39, 0.29) is 0 Å². The highest BCUT2D eigenvalue weighted by Gasteiger charge is 1.99. The first-order valence-corrected chi connectivity index (χ1v) is 10.0. The van der Waals surface area contributed by atoms with E-state index >= 15 is 0 Å². The molecule has 0 spiro atoms. The van der Waals surface area contributed by atoms with E-state index in [0.717, 1.165) is 33.6 Å². The van der Waals surface area contributed by atoms with E-state index in [0.29, 0.717) is 11.1 Å². The summed E-state index contributed by atoms with van der Waals surface area (Å²) in [5.41, 5.74) is 7.10. The molecule has 0 aliphatic rings. The Balaban J connectivity index is 1.41. The fourth-order valence-corrected chi connectivity index (χ4v) is 3.07. The van der Waals surface area contributed by atoms with Crippen LogP contribution in [0.5, 0.6) is 0 Å². The molecule has 4 nitrogen and oxygen atoms in total. The molecule has 0 saturated heterocycles. The summed E-state index contributed by atoms with van der Waals surface area (Å²) in [6, 6.07) is 34.9. The second-order valence-corrected chi connectivity index (χ2v) is 7.08. The van der Waals surface area contributed by atoms with Gasteiger partial charge in [-0.2, -0.15) is 10.5 Å². The van der Waals surface area contributed by atoms with E-state index in [9.17, 15) is 0 Å². The Labute approximate surface area is 187 Å². The Kier molecular flexibility index (Phi) is 6.27. The van der Waals surface area contributed by atoms with Gasteiger partial charge in [-0.25, -0.2) is 0 Å². The predicted octanol–water partition coefficient (Wildman–Crippen LogP) is 6.60. The van der Waals surface area contributed by atoms with Crippen molar-refractivity contribution in [2.75, 3.05) is 0 Å². The smallest absolute Gasteiger partial charge is 0.0991 e. The second kappa shape index (κ2) is 9.80. The molecule has 150 valence electrons. The minimum absolute atomic E-state index is 0.637. The lowest BCUT2D eigenvalue weighted by atomic mass is 10.1. The molecule has 0 saturated carbocycles. The van der Waals surface area contributed by atoms with Crippen LogP contribution in [0.4, 0.5) is 11.4 Å². The molecule has 0 aliphatic carbocycles. The molecular weight excluding hydrogens is 392 g/mol. The average molecular weight is 410 g/mol. The summed E-state index contributed by atoms with van der Waals surface area (Å²) in [6.45, 7) is 0. The van der Waals surface area contributed by atoms with Crippen molar-refractivity contribution in [1.29, 1.82) is 10.5 Å². The van der Waals surface area contributed by atoms with Gasteiger partial charge in [-0.1, -0.05) is 48.5 Å². The molecule has 4 rings (SSSR count). The molecule has 4 heteroatoms. The minimum atomic E-state index is 0.637. The lowest BCUT2D eigenvalue weighted by Gasteiger charge is -2.03. The lowest BCUT2D eigenvalue weighted by Crippen LogP contribution is -1.82. The third-order valence-corrected chi connectivity index (χ3v) is 4.87. The molecule has 0 fully saturated rings. The highest BCUT2D eigenvalue weighted by Crippen LogP contribution is 2.25. The summed E-state index contributed by atoms with van der Waals surface area (Å²) in [5, 5.41) is 17.7. The fourth-order valence-electron chi connectivity index (χ4n) is 3.07. The number of nitriles is 2. The number of aliphatic imine (C=N–C) groups is 2. The van der Waals surface area contributed by atoms with Crippen LogP contribution < -0.4 is 0 Å². The Morgan fingerprint density at radius 2 is 0.812 bits per heavy atom. The van der Waals surface area contributed by atoms with Gasteiger partial charge in [-0.05, 0) is 70.8 Å². The Morgan fingerprint density at radius 3 is 1.12 bits per heavy atom. The van der Waals surface area contributed by atoms with Crippen LogP contribution >= 0.6 is 0 Å². The van der Waals surface area contributed by atoms with Gasteiger partial charge in [0.2, 0.25) is 0 Å². The first-order valence-electron chi connectivity index (χ1n) is 10.0. The van der Waals surface area contributed by atoms with Gasteiger partial charge in [0.15, 0.2) is 0 Å². The maximum Gasteiger partial charge on any atom is 0.0991 e. The normalized spacial score (nSPS) is 10.8. The average Bonchev–Trinajstić information content (AvgIpc) is 2.87. The first-order chi connectivity index (χ1) is 15.7. The quantitative estimate of drug-likeness (QED) is 0.348. The molecule has 0 heterocycles. The molecule has 0 atom stereocenters. The van der Waals surface area contributed by atoms with E-state index in [1.807, 2.05) is 72.8 Å². The van der Waals surface area contributed by atoms with Crippen LogP contribution in [0.25, 0.3) is 11.1 Å². The Hall–Kier alpha value is -4.80. The van der Waals surface area contributed by atoms with Crippen molar-refractivity contribution in [1.82, 2.24) is 0 Å². The van der Waals surface area contributed by atoms with Crippen LogP contribution in [0.2, 0.25) is 0 Å². The van der Waals surface area contributed by atoms with Crippen LogP contribution in [0.15, 0.2) is 107 Å². The SMILES string of the molecule is N#Cc1ccc(C=Nc2ccc(-c3ccc(N=Cc4ccc(C#N)cc4)cc3)cc2)cc1. The maximum absolute atomic E-state index is 8.86. The third-order valence-electron chi connectivity index (χ3n) is 4.87. The van der Waals surface area contributed by atoms with E-state index in [1.165, 1.54) is 0 Å². The molecule has 0 aliphatic heterocycles. The van der Waals surface area contributed by atoms with Crippen molar-refractivity contribution < 1.29 is 0 Å². The Morgan fingerprint density at radius 1 is 0.469 bits per heavy atom. The van der Waals surface area contributed by atoms with E-state index in [2.05, 4.69) is 22.1 Å². The number of nitrogens with zero attached hydrogens (tertiary/aromatic N) is 4. The molecule has 0 bridgehead atoms. The molecule has 4 aromatic rings. The molecule has 4 aromatic carbocycles. The van der Waals surface area contributed by atoms with Gasteiger partial charge in [0.1, 0.15) is 0 Å². The molecule has 0 amide bonds. The van der Waals surface area contributed by atoms with Crippen LogP contribution in [0, 0.1) is 22.7 Å². The van der Waals surface area contributed by atoms with E-state index in [4.69, 9.17) is 10.5 Å². The van der Waals surface area contributed by atoms with Crippen molar-refractivity contribution in [3.63, 3.8) is 0 Å². The highest BCUT2D eigenvalue weighted by molar-refractivity contribution is 5.83. The van der Waals surface area contributed by atoms with Crippen molar-refractivity contribution in [2.45, 2.75) is 0 Å². The van der Waals surface area contributed by atoms with Gasteiger partial charge in [-0.3, -0.25) is 9.98 Å². The monoisotopic (exact) mass is 410 g/mol. The second-order valence-electron chi connectivity index (χ2n) is 7.08. The summed E-state index contributed by atoms with van der Waals surface area (Å²) >= 11 is 0. The molecule has 0 unspecified atom stereocenters. The van der Waals surface area contributed by atoms with Gasteiger partial charge >= 0.3 is 0 Å². The maximum atomic E-state index is 8.86. The zero-order valence-electron chi connectivity index (χ0n) is 17.2. The van der Waals surface area contributed by atoms with Gasteiger partial charge < -0.3 is 0 Å². The van der Waals surface area contributed by atoms with Gasteiger partial charge in [0, 0.05) is 12.4 Å². The predicted molar refractivity (Wildman–Crippen MR) is 129 cm³/mol. The van der Waals surface area contributed by atoms with Crippen LogP contribution in [-0.2, 0) is 0 Å². The summed E-state index contributed by atoms with van der Waals surface area (Å²) in [7, 11) is 0. The van der Waals surface area contributed by atoms with Gasteiger partial charge in [-0.15, -0.1) is 0 Å². The summed E-state index contributed by atoms with van der Waals surface area (Å²) in [5.74, 6) is 0. The zero-order chi connectivity index (χ0) is 22.2. The summed E-state index contributed by atoms with van der Waals surface area (Å²) in [6.07, 6.45) is 3.58. The van der Waals surface area contributed by atoms with Crippen molar-refractivity contribution in [3.8, 4) is 23.3 Å². The molecule has 0 radical (unpaired) electrons. The number of rotatable bonds is 5. The topological polar surface area (TPSA) is 72.3 Å². The number of hydrogen-bond acceptors (Lipinski definition) is 4. The van der Waals surface area contributed by atoms with Crippen LogP contribution in [-0.4, -0.2) is 12.4 Å². The van der Waals surface area contributed by atoms with Crippen molar-refractivity contribution in [2.24, 2.45) is 9.98 Å². The molecule has 32 heavy (non-hydrogen) atoms. The van der Waals surface area contributed by atoms with Gasteiger partial charge in [0.25, 0.3) is 0 Å². The number of benzene rings is 4. The van der Waals surface area contributed by atoms with E-state index in [1.54, 1.807) is 36.7 Å². The van der Waals surface area contributed by atoms with Crippen LogP contribution in [0.3, 0.4) is 0 Å². The molecule has 0 N–H and O–H groups in total. The third kappa shape index (κ3) is 5.21. The lowest BCUT2D eigenvalue weighted by molar-refractivity contribution is 1.47. The summed E-state index contributed by atoms with van der Waals surface area (Å²) in [4.78, 5) is 9.00. The van der Waals surface area contributed by atoms with E-state index < -0.39 is 0 Å². The summed E-state index contributed by atoms with van der Waals surface area (Å²) < 4.78 is 0. The fraction of sp³-hybridized carbons (Fsp3) is 0. The number of hydrogen-bond donors (Lipinski definition) is 0. The van der Waals surface area contributed by atoms with Crippen LogP contribution in [0.1, 0.15) is 22.3 Å². The molecule has 0 aromatic heterocycles. The zero-order valence-corrected chi connectivity index (χ0v) is 17.2. The van der Waals surface area contributed by atoms with Gasteiger partial charge in [0.05, 0.1) is 34.6 Å². The first kappa shape index (κ1) is 20.5. The van der Waals surface area contributed by atoms with Crippen molar-refractivity contribution >= 4 is 23.8 Å². The van der Waals surface area contributed by atoms with Crippen molar-refractivity contribution in [3.05, 3.63) is 119 Å². The highest BCUT2D eigenvalue weighted by atomic mass is 14.7. The minimum Gasteiger partial charge on any atom is -0.256 e. The Bertz CT molecular complexity index is 1220.